The molecule has 0 spiro atoms. The lowest BCUT2D eigenvalue weighted by Crippen LogP contribution is -2.26. The van der Waals surface area contributed by atoms with Crippen molar-refractivity contribution in [3.05, 3.63) is 39.4 Å². The first kappa shape index (κ1) is 20.7. The Morgan fingerprint density at radius 3 is 2.54 bits per heavy atom. The van der Waals surface area contributed by atoms with Crippen LogP contribution >= 0.6 is 11.3 Å². The van der Waals surface area contributed by atoms with Gasteiger partial charge in [0.15, 0.2) is 0 Å². The molecule has 1 saturated carbocycles. The molecule has 6 nitrogen and oxygen atoms in total. The number of rotatable bonds is 3. The van der Waals surface area contributed by atoms with Crippen molar-refractivity contribution < 1.29 is 23.1 Å². The second-order valence-electron chi connectivity index (χ2n) is 6.90. The standard InChI is InChI=1S/C16H20N4S.C2HF3O2/c1-11-19-13(9-21-11)8-20-6-4-14-15(5-7-20)17-10-18-16(14)12-2-3-12;3-2(4,5)1(6)7/h9-10,12H,2-8H2,1H3;(H,6,7). The Morgan fingerprint density at radius 1 is 1.29 bits per heavy atom. The maximum absolute atomic E-state index is 10.6. The maximum Gasteiger partial charge on any atom is 0.490 e. The molecule has 0 amide bonds. The smallest absolute Gasteiger partial charge is 0.475 e. The van der Waals surface area contributed by atoms with E-state index in [1.54, 1.807) is 17.7 Å². The number of thiazole rings is 1. The SMILES string of the molecule is Cc1nc(CN2CCc3ncnc(C4CC4)c3CC2)cs1.O=C(O)C(F)(F)F. The van der Waals surface area contributed by atoms with E-state index < -0.39 is 12.1 Å². The van der Waals surface area contributed by atoms with E-state index in [1.165, 1.54) is 35.5 Å². The first-order valence-electron chi connectivity index (χ1n) is 9.00. The lowest BCUT2D eigenvalue weighted by molar-refractivity contribution is -0.192. The van der Waals surface area contributed by atoms with Gasteiger partial charge in [-0.1, -0.05) is 0 Å². The molecule has 152 valence electrons. The van der Waals surface area contributed by atoms with Crippen LogP contribution in [0, 0.1) is 6.92 Å². The number of carboxylic acid groups (broad SMARTS) is 1. The molecule has 0 saturated heterocycles. The minimum Gasteiger partial charge on any atom is -0.475 e. The average Bonchev–Trinajstić information content (AvgIpc) is 3.41. The Kier molecular flexibility index (Phi) is 6.29. The van der Waals surface area contributed by atoms with E-state index in [0.29, 0.717) is 0 Å². The van der Waals surface area contributed by atoms with Crippen molar-refractivity contribution in [3.8, 4) is 0 Å². The third kappa shape index (κ3) is 5.48. The Balaban J connectivity index is 0.000000279. The molecule has 1 aliphatic carbocycles. The number of fused-ring (bicyclic) bond motifs is 1. The van der Waals surface area contributed by atoms with Crippen LogP contribution < -0.4 is 0 Å². The van der Waals surface area contributed by atoms with Crippen LogP contribution in [0.5, 0.6) is 0 Å². The molecule has 2 aromatic rings. The minimum atomic E-state index is -5.08. The van der Waals surface area contributed by atoms with Crippen molar-refractivity contribution in [3.63, 3.8) is 0 Å². The molecule has 28 heavy (non-hydrogen) atoms. The number of halogens is 3. The van der Waals surface area contributed by atoms with E-state index in [0.717, 1.165) is 43.4 Å². The van der Waals surface area contributed by atoms with E-state index in [-0.39, 0.29) is 0 Å². The van der Waals surface area contributed by atoms with Crippen molar-refractivity contribution >= 4 is 17.3 Å². The lowest BCUT2D eigenvalue weighted by Gasteiger charge is -2.18. The lowest BCUT2D eigenvalue weighted by atomic mass is 10.0. The summed E-state index contributed by atoms with van der Waals surface area (Å²) in [6, 6.07) is 0. The Bertz CT molecular complexity index is 836. The molecule has 0 bridgehead atoms. The monoisotopic (exact) mass is 414 g/mol. The fourth-order valence-corrected chi connectivity index (χ4v) is 3.78. The number of hydrogen-bond acceptors (Lipinski definition) is 6. The molecule has 10 heteroatoms. The van der Waals surface area contributed by atoms with Crippen LogP contribution in [0.1, 0.15) is 46.4 Å². The zero-order valence-electron chi connectivity index (χ0n) is 15.4. The predicted molar refractivity (Wildman–Crippen MR) is 97.2 cm³/mol. The molecule has 0 radical (unpaired) electrons. The fourth-order valence-electron chi connectivity index (χ4n) is 3.17. The summed E-state index contributed by atoms with van der Waals surface area (Å²) in [5.41, 5.74) is 5.27. The first-order chi connectivity index (χ1) is 13.2. The van der Waals surface area contributed by atoms with Gasteiger partial charge in [0.05, 0.1) is 16.4 Å². The van der Waals surface area contributed by atoms with Crippen molar-refractivity contribution in [2.75, 3.05) is 13.1 Å². The summed E-state index contributed by atoms with van der Waals surface area (Å²) >= 11 is 1.74. The van der Waals surface area contributed by atoms with Gasteiger partial charge < -0.3 is 5.11 Å². The summed E-state index contributed by atoms with van der Waals surface area (Å²) < 4.78 is 31.7. The topological polar surface area (TPSA) is 79.2 Å². The van der Waals surface area contributed by atoms with Gasteiger partial charge in [-0.3, -0.25) is 4.90 Å². The van der Waals surface area contributed by atoms with E-state index in [4.69, 9.17) is 9.90 Å². The molecule has 0 aromatic carbocycles. The second kappa shape index (κ2) is 8.52. The summed E-state index contributed by atoms with van der Waals surface area (Å²) in [5, 5.41) is 10.5. The molecular formula is C18H21F3N4O2S. The Morgan fingerprint density at radius 2 is 1.96 bits per heavy atom. The van der Waals surface area contributed by atoms with Crippen LogP contribution in [0.25, 0.3) is 0 Å². The van der Waals surface area contributed by atoms with Crippen LogP contribution in [0.2, 0.25) is 0 Å². The van der Waals surface area contributed by atoms with Crippen molar-refractivity contribution in [1.82, 2.24) is 19.9 Å². The highest BCUT2D eigenvalue weighted by molar-refractivity contribution is 7.09. The highest BCUT2D eigenvalue weighted by atomic mass is 32.1. The van der Waals surface area contributed by atoms with Crippen LogP contribution in [0.4, 0.5) is 13.2 Å². The van der Waals surface area contributed by atoms with Gasteiger partial charge in [-0.05, 0) is 31.7 Å². The zero-order chi connectivity index (χ0) is 20.3. The van der Waals surface area contributed by atoms with Gasteiger partial charge in [-0.25, -0.2) is 19.7 Å². The maximum atomic E-state index is 10.6. The van der Waals surface area contributed by atoms with Gasteiger partial charge in [0.2, 0.25) is 0 Å². The van der Waals surface area contributed by atoms with Gasteiger partial charge in [-0.2, -0.15) is 13.2 Å². The average molecular weight is 414 g/mol. The summed E-state index contributed by atoms with van der Waals surface area (Å²) in [5.74, 6) is -2.04. The van der Waals surface area contributed by atoms with Crippen molar-refractivity contribution in [2.24, 2.45) is 0 Å². The molecule has 1 aliphatic heterocycles. The summed E-state index contributed by atoms with van der Waals surface area (Å²) in [4.78, 5) is 25.1. The molecule has 4 rings (SSSR count). The van der Waals surface area contributed by atoms with Crippen molar-refractivity contribution in [2.45, 2.75) is 51.2 Å². The molecule has 2 aliphatic rings. The van der Waals surface area contributed by atoms with Crippen LogP contribution in [0.3, 0.4) is 0 Å². The number of alkyl halides is 3. The predicted octanol–water partition coefficient (Wildman–Crippen LogP) is 3.35. The summed E-state index contributed by atoms with van der Waals surface area (Å²) in [6.07, 6.45) is 1.44. The molecule has 1 N–H and O–H groups in total. The quantitative estimate of drug-likeness (QED) is 0.830. The Labute approximate surface area is 164 Å². The number of aryl methyl sites for hydroxylation is 1. The second-order valence-corrected chi connectivity index (χ2v) is 7.96. The van der Waals surface area contributed by atoms with Gasteiger partial charge in [0.1, 0.15) is 6.33 Å². The van der Waals surface area contributed by atoms with Gasteiger partial charge in [0.25, 0.3) is 0 Å². The number of aliphatic carboxylic acids is 1. The number of hydrogen-bond donors (Lipinski definition) is 1. The van der Waals surface area contributed by atoms with Gasteiger partial charge in [0, 0.05) is 43.0 Å². The van der Waals surface area contributed by atoms with Crippen LogP contribution in [0.15, 0.2) is 11.7 Å². The molecule has 1 fully saturated rings. The molecule has 0 atom stereocenters. The van der Waals surface area contributed by atoms with Crippen molar-refractivity contribution in [1.29, 1.82) is 0 Å². The molecular weight excluding hydrogens is 393 g/mol. The number of carboxylic acids is 1. The molecule has 3 heterocycles. The summed E-state index contributed by atoms with van der Waals surface area (Å²) in [7, 11) is 0. The van der Waals surface area contributed by atoms with E-state index >= 15 is 0 Å². The van der Waals surface area contributed by atoms with Gasteiger partial charge >= 0.3 is 12.1 Å². The van der Waals surface area contributed by atoms with Crippen LogP contribution in [-0.4, -0.2) is 50.2 Å². The van der Waals surface area contributed by atoms with E-state index in [9.17, 15) is 13.2 Å². The van der Waals surface area contributed by atoms with Crippen LogP contribution in [-0.2, 0) is 24.2 Å². The number of carbonyl (C=O) groups is 1. The van der Waals surface area contributed by atoms with Gasteiger partial charge in [-0.15, -0.1) is 11.3 Å². The highest BCUT2D eigenvalue weighted by Crippen LogP contribution is 2.41. The zero-order valence-corrected chi connectivity index (χ0v) is 16.2. The first-order valence-corrected chi connectivity index (χ1v) is 9.88. The summed E-state index contributed by atoms with van der Waals surface area (Å²) in [6.45, 7) is 5.20. The number of aromatic nitrogens is 3. The minimum absolute atomic E-state index is 0.717. The molecule has 2 aromatic heterocycles. The van der Waals surface area contributed by atoms with E-state index in [1.807, 2.05) is 0 Å². The number of nitrogens with zero attached hydrogens (tertiary/aromatic N) is 4. The highest BCUT2D eigenvalue weighted by Gasteiger charge is 2.38. The third-order valence-electron chi connectivity index (χ3n) is 4.67. The fraction of sp³-hybridized carbons (Fsp3) is 0.556. The van der Waals surface area contributed by atoms with E-state index in [2.05, 4.69) is 32.2 Å². The molecule has 0 unspecified atom stereocenters. The normalized spacial score (nSPS) is 17.3. The third-order valence-corrected chi connectivity index (χ3v) is 5.49. The largest absolute Gasteiger partial charge is 0.490 e. The Hall–Kier alpha value is -2.07.